The molecule has 5 aromatic rings. The zero-order valence-electron chi connectivity index (χ0n) is 33.2. The van der Waals surface area contributed by atoms with E-state index in [2.05, 4.69) is 0 Å². The van der Waals surface area contributed by atoms with Gasteiger partial charge in [-0.3, -0.25) is 9.80 Å². The number of esters is 2. The number of amides is 2. The molecule has 2 saturated heterocycles. The number of rotatable bonds is 10. The quantitative estimate of drug-likeness (QED) is 0.109. The van der Waals surface area contributed by atoms with Crippen molar-refractivity contribution in [2.24, 2.45) is 0 Å². The lowest BCUT2D eigenvalue weighted by Gasteiger charge is -2.47. The third-order valence-corrected chi connectivity index (χ3v) is 10.5. The molecule has 11 nitrogen and oxygen atoms in total. The zero-order chi connectivity index (χ0) is 41.5. The van der Waals surface area contributed by atoms with Crippen molar-refractivity contribution in [3.63, 3.8) is 0 Å². The molecule has 2 heterocycles. The number of cyclic esters (lactones) is 2. The van der Waals surface area contributed by atoms with Crippen LogP contribution in [0.4, 0.5) is 9.59 Å². The number of carbonyl (C=O) groups is 4. The smallest absolute Gasteiger partial charge is 0.411 e. The van der Waals surface area contributed by atoms with Gasteiger partial charge in [0, 0.05) is 0 Å². The summed E-state index contributed by atoms with van der Waals surface area (Å²) in [5.41, 5.74) is 2.48. The Balaban J connectivity index is 1.25. The topological polar surface area (TPSA) is 132 Å². The number of aliphatic hydroxyl groups is 1. The van der Waals surface area contributed by atoms with Crippen LogP contribution in [0.2, 0.25) is 0 Å². The molecule has 7 rings (SSSR count). The van der Waals surface area contributed by atoms with Crippen LogP contribution in [0.5, 0.6) is 0 Å². The summed E-state index contributed by atoms with van der Waals surface area (Å²) in [5.74, 6) is -1.56. The second-order valence-corrected chi connectivity index (χ2v) is 15.7. The summed E-state index contributed by atoms with van der Waals surface area (Å²) in [6.45, 7) is 5.13. The third kappa shape index (κ3) is 9.31. The fraction of sp³-hybridized carbons (Fsp3) is 0.292. The molecule has 0 bridgehead atoms. The molecule has 0 aromatic heterocycles. The van der Waals surface area contributed by atoms with Gasteiger partial charge in [0.2, 0.25) is 0 Å². The van der Waals surface area contributed by atoms with E-state index in [4.69, 9.17) is 18.9 Å². The van der Waals surface area contributed by atoms with Crippen LogP contribution in [0, 0.1) is 0 Å². The minimum atomic E-state index is -1.58. The van der Waals surface area contributed by atoms with Crippen LogP contribution in [-0.4, -0.2) is 62.8 Å². The summed E-state index contributed by atoms with van der Waals surface area (Å²) in [6, 6.07) is 41.2. The Morgan fingerprint density at radius 1 is 0.610 bits per heavy atom. The summed E-state index contributed by atoms with van der Waals surface area (Å²) in [5, 5.41) is 12.2. The minimum absolute atomic E-state index is 0.0895. The molecule has 0 aliphatic carbocycles. The first kappa shape index (κ1) is 40.7. The van der Waals surface area contributed by atoms with Crippen LogP contribution in [-0.2, 0) is 35.1 Å². The second-order valence-electron chi connectivity index (χ2n) is 15.7. The molecule has 0 radical (unpaired) electrons. The Hall–Kier alpha value is -6.46. The Labute approximate surface area is 344 Å². The molecule has 0 unspecified atom stereocenters. The van der Waals surface area contributed by atoms with Crippen LogP contribution in [0.3, 0.4) is 0 Å². The van der Waals surface area contributed by atoms with Crippen LogP contribution in [0.1, 0.15) is 85.7 Å². The normalized spacial score (nSPS) is 22.4. The maximum absolute atomic E-state index is 14.4. The van der Waals surface area contributed by atoms with Gasteiger partial charge in [0.15, 0.2) is 18.2 Å². The van der Waals surface area contributed by atoms with Crippen LogP contribution in [0.15, 0.2) is 152 Å². The molecule has 2 aliphatic heterocycles. The van der Waals surface area contributed by atoms with Gasteiger partial charge in [-0.05, 0) is 61.4 Å². The van der Waals surface area contributed by atoms with Crippen molar-refractivity contribution in [1.82, 2.24) is 9.80 Å². The van der Waals surface area contributed by atoms with E-state index in [9.17, 15) is 24.3 Å². The molecule has 304 valence electrons. The molecule has 2 amide bonds. The lowest BCUT2D eigenvalue weighted by molar-refractivity contribution is -0.181. The lowest BCUT2D eigenvalue weighted by Crippen LogP contribution is -2.59. The first-order valence-corrected chi connectivity index (χ1v) is 19.8. The number of aliphatic hydroxyl groups excluding tert-OH is 1. The largest absolute Gasteiger partial charge is 0.453 e. The van der Waals surface area contributed by atoms with Gasteiger partial charge in [-0.1, -0.05) is 152 Å². The van der Waals surface area contributed by atoms with Gasteiger partial charge >= 0.3 is 24.1 Å². The van der Waals surface area contributed by atoms with Gasteiger partial charge in [0.25, 0.3) is 0 Å². The molecule has 0 saturated carbocycles. The van der Waals surface area contributed by atoms with Crippen molar-refractivity contribution in [3.8, 4) is 0 Å². The molecule has 59 heavy (non-hydrogen) atoms. The van der Waals surface area contributed by atoms with Gasteiger partial charge in [0.05, 0.1) is 6.10 Å². The molecular weight excluding hydrogens is 749 g/mol. The van der Waals surface area contributed by atoms with E-state index in [1.807, 2.05) is 152 Å². The van der Waals surface area contributed by atoms with E-state index in [1.54, 1.807) is 20.8 Å². The van der Waals surface area contributed by atoms with Crippen molar-refractivity contribution in [1.29, 1.82) is 0 Å². The average molecular weight is 797 g/mol. The molecular formula is C48H48N2O9. The third-order valence-electron chi connectivity index (χ3n) is 10.5. The predicted octanol–water partition coefficient (Wildman–Crippen LogP) is 8.82. The van der Waals surface area contributed by atoms with Gasteiger partial charge in [-0.25, -0.2) is 19.2 Å². The van der Waals surface area contributed by atoms with Gasteiger partial charge in [-0.15, -0.1) is 0 Å². The molecule has 2 aliphatic rings. The number of carbonyl (C=O) groups excluding carboxylic acids is 4. The van der Waals surface area contributed by atoms with E-state index in [0.29, 0.717) is 22.3 Å². The van der Waals surface area contributed by atoms with E-state index in [-0.39, 0.29) is 19.4 Å². The summed E-state index contributed by atoms with van der Waals surface area (Å²) < 4.78 is 24.2. The Kier molecular flexibility index (Phi) is 12.4. The van der Waals surface area contributed by atoms with E-state index < -0.39 is 72.2 Å². The molecule has 2 fully saturated rings. The number of ether oxygens (including phenoxy) is 4. The Morgan fingerprint density at radius 2 is 1.03 bits per heavy atom. The lowest BCUT2D eigenvalue weighted by atomic mass is 9.88. The number of hydrogen-bond acceptors (Lipinski definition) is 9. The minimum Gasteiger partial charge on any atom is -0.453 e. The van der Waals surface area contributed by atoms with E-state index in [0.717, 1.165) is 5.56 Å². The standard InChI is InChI=1S/C48H48N2O9/c1-48(2,3)59-47(55)49-37(44(52)57-42(35-25-15-7-16-26-35)39(49)33-21-11-5-12-22-33)29-30-38(51)41-45(53)58-43(36-27-17-8-18-28-36)40(34-23-13-6-14-24-34)50(41)46(54)56-31-32-19-9-4-10-20-32/h4-28,37-43,51H,29-31H2,1-3H3/t37-,38+,39-,40+,41+,42+,43-/m0/s1. The second kappa shape index (κ2) is 18.0. The van der Waals surface area contributed by atoms with Crippen LogP contribution >= 0.6 is 0 Å². The highest BCUT2D eigenvalue weighted by Crippen LogP contribution is 2.46. The molecule has 5 aromatic carbocycles. The van der Waals surface area contributed by atoms with Crippen molar-refractivity contribution in [2.75, 3.05) is 0 Å². The molecule has 7 atom stereocenters. The summed E-state index contributed by atoms with van der Waals surface area (Å²) in [6.07, 6.45) is -5.38. The van der Waals surface area contributed by atoms with Crippen LogP contribution < -0.4 is 0 Å². The van der Waals surface area contributed by atoms with Gasteiger partial charge in [0.1, 0.15) is 30.3 Å². The Bertz CT molecular complexity index is 2180. The average Bonchev–Trinajstić information content (AvgIpc) is 3.25. The van der Waals surface area contributed by atoms with Crippen molar-refractivity contribution >= 4 is 24.1 Å². The fourth-order valence-corrected chi connectivity index (χ4v) is 7.83. The summed E-state index contributed by atoms with van der Waals surface area (Å²) in [4.78, 5) is 59.9. The van der Waals surface area contributed by atoms with Crippen LogP contribution in [0.25, 0.3) is 0 Å². The number of nitrogens with zero attached hydrogens (tertiary/aromatic N) is 2. The first-order valence-electron chi connectivity index (χ1n) is 19.8. The van der Waals surface area contributed by atoms with Crippen molar-refractivity contribution in [3.05, 3.63) is 179 Å². The van der Waals surface area contributed by atoms with E-state index >= 15 is 0 Å². The molecule has 11 heteroatoms. The van der Waals surface area contributed by atoms with Gasteiger partial charge in [-0.2, -0.15) is 0 Å². The van der Waals surface area contributed by atoms with Crippen molar-refractivity contribution < 1.29 is 43.2 Å². The first-order chi connectivity index (χ1) is 28.5. The summed E-state index contributed by atoms with van der Waals surface area (Å²) >= 11 is 0. The number of morpholine rings is 2. The van der Waals surface area contributed by atoms with Gasteiger partial charge < -0.3 is 24.1 Å². The summed E-state index contributed by atoms with van der Waals surface area (Å²) in [7, 11) is 0. The monoisotopic (exact) mass is 796 g/mol. The highest BCUT2D eigenvalue weighted by Gasteiger charge is 2.53. The number of hydrogen-bond donors (Lipinski definition) is 1. The highest BCUT2D eigenvalue weighted by atomic mass is 16.6. The number of benzene rings is 5. The van der Waals surface area contributed by atoms with E-state index in [1.165, 1.54) is 9.80 Å². The fourth-order valence-electron chi connectivity index (χ4n) is 7.83. The Morgan fingerprint density at radius 3 is 1.51 bits per heavy atom. The SMILES string of the molecule is CC(C)(C)OC(=O)N1[C@@H](CC[C@@H](O)[C@@H]2C(=O)O[C@@H](c3ccccc3)[C@@H](c3ccccc3)N2C(=O)OCc2ccccc2)C(=O)O[C@H](c2ccccc2)[C@@H]1c1ccccc1. The zero-order valence-corrected chi connectivity index (χ0v) is 33.2. The molecule has 1 N–H and O–H groups in total. The maximum Gasteiger partial charge on any atom is 0.411 e. The predicted molar refractivity (Wildman–Crippen MR) is 218 cm³/mol. The molecule has 0 spiro atoms. The van der Waals surface area contributed by atoms with Crippen molar-refractivity contribution in [2.45, 2.75) is 88.3 Å². The maximum atomic E-state index is 14.4. The highest BCUT2D eigenvalue weighted by molar-refractivity contribution is 5.85.